The summed E-state index contributed by atoms with van der Waals surface area (Å²) in [7, 11) is 1.93. The average molecular weight is 325 g/mol. The van der Waals surface area contributed by atoms with Crippen molar-refractivity contribution in [2.24, 2.45) is 7.05 Å². The van der Waals surface area contributed by atoms with Crippen LogP contribution in [0.5, 0.6) is 0 Å². The van der Waals surface area contributed by atoms with Crippen molar-refractivity contribution in [3.05, 3.63) is 46.7 Å². The minimum absolute atomic E-state index is 0.213. The molecule has 0 aliphatic carbocycles. The maximum absolute atomic E-state index is 11.8. The third-order valence-corrected chi connectivity index (χ3v) is 4.10. The number of hydrogen-bond acceptors (Lipinski definition) is 3. The second-order valence-electron chi connectivity index (χ2n) is 3.95. The highest BCUT2D eigenvalue weighted by Crippen LogP contribution is 2.16. The van der Waals surface area contributed by atoms with Gasteiger partial charge in [0.15, 0.2) is 5.16 Å². The summed E-state index contributed by atoms with van der Waals surface area (Å²) in [6.45, 7) is 0. The predicted octanol–water partition coefficient (Wildman–Crippen LogP) is 3.09. The Bertz CT molecular complexity index is 536. The molecule has 2 aromatic rings. The lowest BCUT2D eigenvalue weighted by Gasteiger charge is -2.02. The molecule has 2 rings (SSSR count). The van der Waals surface area contributed by atoms with Crippen molar-refractivity contribution < 1.29 is 4.79 Å². The Morgan fingerprint density at radius 3 is 2.72 bits per heavy atom. The van der Waals surface area contributed by atoms with Crippen molar-refractivity contribution in [3.63, 3.8) is 0 Å². The predicted molar refractivity (Wildman–Crippen MR) is 76.8 cm³/mol. The topological polar surface area (TPSA) is 34.9 Å². The highest BCUT2D eigenvalue weighted by molar-refractivity contribution is 9.10. The molecule has 94 valence electrons. The molecule has 0 aliphatic heterocycles. The number of nitrogens with zero attached hydrogens (tertiary/aromatic N) is 2. The zero-order chi connectivity index (χ0) is 13.0. The molecule has 0 bridgehead atoms. The molecule has 0 fully saturated rings. The number of aryl methyl sites for hydroxylation is 1. The molecular formula is C13H13BrN2OS. The van der Waals surface area contributed by atoms with Crippen LogP contribution in [0.2, 0.25) is 0 Å². The van der Waals surface area contributed by atoms with E-state index in [9.17, 15) is 4.79 Å². The zero-order valence-electron chi connectivity index (χ0n) is 9.97. The van der Waals surface area contributed by atoms with E-state index in [-0.39, 0.29) is 5.78 Å². The number of hydrogen-bond donors (Lipinski definition) is 0. The molecule has 0 radical (unpaired) electrons. The summed E-state index contributed by atoms with van der Waals surface area (Å²) in [5.41, 5.74) is 1.05. The smallest absolute Gasteiger partial charge is 0.168 e. The van der Waals surface area contributed by atoms with Crippen molar-refractivity contribution in [1.82, 2.24) is 9.55 Å². The number of halogens is 1. The Kier molecular flexibility index (Phi) is 4.60. The molecular weight excluding hydrogens is 312 g/mol. The van der Waals surface area contributed by atoms with Crippen molar-refractivity contribution >= 4 is 33.5 Å². The Morgan fingerprint density at radius 2 is 2.11 bits per heavy atom. The number of thioether (sulfide) groups is 1. The summed E-state index contributed by atoms with van der Waals surface area (Å²) < 4.78 is 2.94. The molecule has 1 heterocycles. The van der Waals surface area contributed by atoms with Crippen LogP contribution in [-0.4, -0.2) is 21.1 Å². The number of imidazole rings is 1. The van der Waals surface area contributed by atoms with Gasteiger partial charge in [0.1, 0.15) is 5.78 Å². The molecule has 0 spiro atoms. The van der Waals surface area contributed by atoms with Crippen LogP contribution >= 0.6 is 27.7 Å². The van der Waals surface area contributed by atoms with Gasteiger partial charge in [0.2, 0.25) is 0 Å². The van der Waals surface area contributed by atoms with Gasteiger partial charge in [-0.3, -0.25) is 4.79 Å². The number of rotatable bonds is 5. The number of carbonyl (C=O) groups excluding carboxylic acids is 1. The molecule has 0 N–H and O–H groups in total. The number of ketones is 1. The molecule has 1 aromatic heterocycles. The number of benzene rings is 1. The van der Waals surface area contributed by atoms with Gasteiger partial charge in [-0.1, -0.05) is 39.8 Å². The van der Waals surface area contributed by atoms with Crippen molar-refractivity contribution in [2.45, 2.75) is 11.6 Å². The summed E-state index contributed by atoms with van der Waals surface area (Å²) in [6, 6.07) is 7.84. The van der Waals surface area contributed by atoms with E-state index in [1.54, 1.807) is 6.20 Å². The average Bonchev–Trinajstić information content (AvgIpc) is 2.75. The molecule has 0 atom stereocenters. The summed E-state index contributed by atoms with van der Waals surface area (Å²) in [5, 5.41) is 0.874. The standard InChI is InChI=1S/C13H13BrN2OS/c1-16-7-6-15-13(16)18-9-12(17)8-10-2-4-11(14)5-3-10/h2-7H,8-9H2,1H3. The Balaban J connectivity index is 1.86. The number of carbonyl (C=O) groups is 1. The van der Waals surface area contributed by atoms with E-state index in [1.807, 2.05) is 42.1 Å². The van der Waals surface area contributed by atoms with E-state index >= 15 is 0 Å². The molecule has 3 nitrogen and oxygen atoms in total. The van der Waals surface area contributed by atoms with Crippen LogP contribution in [0.25, 0.3) is 0 Å². The molecule has 18 heavy (non-hydrogen) atoms. The summed E-state index contributed by atoms with van der Waals surface area (Å²) in [6.07, 6.45) is 4.09. The highest BCUT2D eigenvalue weighted by Gasteiger charge is 2.07. The van der Waals surface area contributed by atoms with Crippen LogP contribution in [0.3, 0.4) is 0 Å². The summed E-state index contributed by atoms with van der Waals surface area (Å²) >= 11 is 4.85. The van der Waals surface area contributed by atoms with E-state index < -0.39 is 0 Å². The molecule has 5 heteroatoms. The Labute approximate surface area is 119 Å². The van der Waals surface area contributed by atoms with Gasteiger partial charge in [-0.05, 0) is 17.7 Å². The highest BCUT2D eigenvalue weighted by atomic mass is 79.9. The number of aromatic nitrogens is 2. The van der Waals surface area contributed by atoms with Crippen molar-refractivity contribution in [2.75, 3.05) is 5.75 Å². The first-order chi connectivity index (χ1) is 8.65. The number of Topliss-reactive ketones (excluding diaryl/α,β-unsaturated/α-hetero) is 1. The summed E-state index contributed by atoms with van der Waals surface area (Å²) in [4.78, 5) is 16.0. The second-order valence-corrected chi connectivity index (χ2v) is 5.81. The second kappa shape index (κ2) is 6.20. The SMILES string of the molecule is Cn1ccnc1SCC(=O)Cc1ccc(Br)cc1. The van der Waals surface area contributed by atoms with Gasteiger partial charge in [0, 0.05) is 30.3 Å². The molecule has 0 unspecified atom stereocenters. The van der Waals surface area contributed by atoms with Crippen LogP contribution < -0.4 is 0 Å². The quantitative estimate of drug-likeness (QED) is 0.793. The molecule has 0 amide bonds. The fourth-order valence-electron chi connectivity index (χ4n) is 1.52. The Morgan fingerprint density at radius 1 is 1.39 bits per heavy atom. The van der Waals surface area contributed by atoms with Crippen LogP contribution in [0.15, 0.2) is 46.3 Å². The molecule has 0 saturated carbocycles. The fourth-order valence-corrected chi connectivity index (χ4v) is 2.57. The Hall–Kier alpha value is -1.07. The van der Waals surface area contributed by atoms with Crippen LogP contribution in [0.1, 0.15) is 5.56 Å². The maximum atomic E-state index is 11.8. The van der Waals surface area contributed by atoms with Gasteiger partial charge in [-0.25, -0.2) is 4.98 Å². The van der Waals surface area contributed by atoms with E-state index in [1.165, 1.54) is 11.8 Å². The maximum Gasteiger partial charge on any atom is 0.168 e. The first kappa shape index (κ1) is 13.4. The minimum Gasteiger partial charge on any atom is -0.329 e. The van der Waals surface area contributed by atoms with E-state index in [0.29, 0.717) is 12.2 Å². The van der Waals surface area contributed by atoms with Gasteiger partial charge in [-0.2, -0.15) is 0 Å². The lowest BCUT2D eigenvalue weighted by molar-refractivity contribution is -0.116. The van der Waals surface area contributed by atoms with E-state index in [4.69, 9.17) is 0 Å². The molecule has 1 aromatic carbocycles. The molecule has 0 saturated heterocycles. The minimum atomic E-state index is 0.213. The van der Waals surface area contributed by atoms with Gasteiger partial charge in [0.25, 0.3) is 0 Å². The first-order valence-corrected chi connectivity index (χ1v) is 7.29. The zero-order valence-corrected chi connectivity index (χ0v) is 12.4. The van der Waals surface area contributed by atoms with Crippen LogP contribution in [-0.2, 0) is 18.3 Å². The van der Waals surface area contributed by atoms with E-state index in [0.717, 1.165) is 15.2 Å². The van der Waals surface area contributed by atoms with Gasteiger partial charge < -0.3 is 4.57 Å². The lowest BCUT2D eigenvalue weighted by atomic mass is 10.1. The monoisotopic (exact) mass is 324 g/mol. The van der Waals surface area contributed by atoms with Gasteiger partial charge in [-0.15, -0.1) is 0 Å². The van der Waals surface area contributed by atoms with Crippen LogP contribution in [0, 0.1) is 0 Å². The third-order valence-electron chi connectivity index (χ3n) is 2.45. The largest absolute Gasteiger partial charge is 0.329 e. The first-order valence-electron chi connectivity index (χ1n) is 5.51. The fraction of sp³-hybridized carbons (Fsp3) is 0.231. The van der Waals surface area contributed by atoms with Gasteiger partial charge >= 0.3 is 0 Å². The summed E-state index contributed by atoms with van der Waals surface area (Å²) in [5.74, 6) is 0.673. The van der Waals surface area contributed by atoms with Crippen LogP contribution in [0.4, 0.5) is 0 Å². The third kappa shape index (κ3) is 3.71. The normalized spacial score (nSPS) is 10.6. The van der Waals surface area contributed by atoms with Crippen molar-refractivity contribution in [1.29, 1.82) is 0 Å². The van der Waals surface area contributed by atoms with Crippen molar-refractivity contribution in [3.8, 4) is 0 Å². The molecule has 0 aliphatic rings. The van der Waals surface area contributed by atoms with E-state index in [2.05, 4.69) is 20.9 Å². The van der Waals surface area contributed by atoms with Gasteiger partial charge in [0.05, 0.1) is 5.75 Å². The lowest BCUT2D eigenvalue weighted by Crippen LogP contribution is -2.06.